The normalized spacial score (nSPS) is 18.3. The van der Waals surface area contributed by atoms with Crippen molar-refractivity contribution in [3.63, 3.8) is 0 Å². The SMILES string of the molecule is C[C@@H]1Oc2ccccc2[C@H]1NC(=O)Nc1cnn(-c2ncccn2)c1. The summed E-state index contributed by atoms with van der Waals surface area (Å²) in [4.78, 5) is 20.5. The number of amides is 2. The number of carbonyl (C=O) groups is 1. The first-order valence-electron chi connectivity index (χ1n) is 7.86. The van der Waals surface area contributed by atoms with Crippen LogP contribution in [0.5, 0.6) is 5.75 Å². The average molecular weight is 336 g/mol. The van der Waals surface area contributed by atoms with Crippen molar-refractivity contribution in [1.82, 2.24) is 25.1 Å². The van der Waals surface area contributed by atoms with E-state index in [1.54, 1.807) is 30.9 Å². The van der Waals surface area contributed by atoms with Gasteiger partial charge in [-0.25, -0.2) is 19.4 Å². The zero-order chi connectivity index (χ0) is 17.2. The van der Waals surface area contributed by atoms with E-state index in [9.17, 15) is 4.79 Å². The molecule has 0 saturated heterocycles. The van der Waals surface area contributed by atoms with Gasteiger partial charge in [-0.1, -0.05) is 18.2 Å². The van der Waals surface area contributed by atoms with Gasteiger partial charge >= 0.3 is 6.03 Å². The molecule has 1 aliphatic heterocycles. The molecule has 126 valence electrons. The van der Waals surface area contributed by atoms with E-state index in [0.717, 1.165) is 11.3 Å². The fourth-order valence-corrected chi connectivity index (χ4v) is 2.78. The maximum atomic E-state index is 12.3. The number of aromatic nitrogens is 4. The number of rotatable bonds is 3. The Morgan fingerprint density at radius 3 is 2.84 bits per heavy atom. The fraction of sp³-hybridized carbons (Fsp3) is 0.176. The van der Waals surface area contributed by atoms with Gasteiger partial charge in [-0.15, -0.1) is 0 Å². The number of anilines is 1. The standard InChI is InChI=1S/C17H16N6O2/c1-11-15(13-5-2-3-6-14(13)25-11)22-17(24)21-12-9-20-23(10-12)16-18-7-4-8-19-16/h2-11,15H,1H3,(H2,21,22,24)/t11-,15-/m0/s1. The van der Waals surface area contributed by atoms with Crippen LogP contribution in [0.1, 0.15) is 18.5 Å². The van der Waals surface area contributed by atoms with Crippen molar-refractivity contribution in [2.75, 3.05) is 5.32 Å². The monoisotopic (exact) mass is 336 g/mol. The van der Waals surface area contributed by atoms with Gasteiger partial charge in [-0.2, -0.15) is 5.10 Å². The molecule has 3 heterocycles. The second kappa shape index (κ2) is 6.23. The number of carbonyl (C=O) groups excluding carboxylic acids is 1. The van der Waals surface area contributed by atoms with Crippen LogP contribution >= 0.6 is 0 Å². The molecule has 3 aromatic rings. The zero-order valence-electron chi connectivity index (χ0n) is 13.5. The molecule has 0 fully saturated rings. The lowest BCUT2D eigenvalue weighted by Gasteiger charge is -2.16. The van der Waals surface area contributed by atoms with E-state index in [-0.39, 0.29) is 18.2 Å². The van der Waals surface area contributed by atoms with Crippen LogP contribution in [0.25, 0.3) is 5.95 Å². The van der Waals surface area contributed by atoms with Crippen molar-refractivity contribution in [2.24, 2.45) is 0 Å². The van der Waals surface area contributed by atoms with Crippen LogP contribution < -0.4 is 15.4 Å². The molecule has 25 heavy (non-hydrogen) atoms. The molecule has 0 unspecified atom stereocenters. The second-order valence-corrected chi connectivity index (χ2v) is 5.66. The molecule has 2 N–H and O–H groups in total. The third-order valence-electron chi connectivity index (χ3n) is 3.92. The van der Waals surface area contributed by atoms with Gasteiger partial charge in [-0.3, -0.25) is 0 Å². The third kappa shape index (κ3) is 3.01. The van der Waals surface area contributed by atoms with Gasteiger partial charge in [0.25, 0.3) is 0 Å². The van der Waals surface area contributed by atoms with E-state index >= 15 is 0 Å². The molecule has 0 spiro atoms. The maximum absolute atomic E-state index is 12.3. The van der Waals surface area contributed by atoms with E-state index in [4.69, 9.17) is 4.74 Å². The number of fused-ring (bicyclic) bond motifs is 1. The lowest BCUT2D eigenvalue weighted by molar-refractivity contribution is 0.204. The number of benzene rings is 1. The molecule has 0 saturated carbocycles. The number of para-hydroxylation sites is 1. The summed E-state index contributed by atoms with van der Waals surface area (Å²) < 4.78 is 7.25. The molecule has 0 aliphatic carbocycles. The summed E-state index contributed by atoms with van der Waals surface area (Å²) in [6, 6.07) is 8.88. The first-order valence-corrected chi connectivity index (χ1v) is 7.86. The van der Waals surface area contributed by atoms with Crippen molar-refractivity contribution in [2.45, 2.75) is 19.1 Å². The Labute approximate surface area is 143 Å². The Morgan fingerprint density at radius 2 is 2.00 bits per heavy atom. The molecule has 1 aliphatic rings. The Kier molecular flexibility index (Phi) is 3.77. The van der Waals surface area contributed by atoms with E-state index in [0.29, 0.717) is 11.6 Å². The molecular formula is C17H16N6O2. The molecule has 0 radical (unpaired) electrons. The van der Waals surface area contributed by atoms with Crippen molar-refractivity contribution in [3.8, 4) is 11.7 Å². The number of nitrogens with one attached hydrogen (secondary N) is 2. The smallest absolute Gasteiger partial charge is 0.319 e. The lowest BCUT2D eigenvalue weighted by atomic mass is 10.1. The van der Waals surface area contributed by atoms with Gasteiger partial charge in [0, 0.05) is 18.0 Å². The highest BCUT2D eigenvalue weighted by molar-refractivity contribution is 5.89. The number of urea groups is 1. The fourth-order valence-electron chi connectivity index (χ4n) is 2.78. The maximum Gasteiger partial charge on any atom is 0.319 e. The van der Waals surface area contributed by atoms with Gasteiger partial charge in [0.1, 0.15) is 11.9 Å². The molecule has 8 heteroatoms. The van der Waals surface area contributed by atoms with Gasteiger partial charge in [-0.05, 0) is 19.1 Å². The third-order valence-corrected chi connectivity index (χ3v) is 3.92. The van der Waals surface area contributed by atoms with E-state index in [2.05, 4.69) is 25.7 Å². The lowest BCUT2D eigenvalue weighted by Crippen LogP contribution is -2.36. The van der Waals surface area contributed by atoms with Crippen LogP contribution in [-0.4, -0.2) is 31.9 Å². The van der Waals surface area contributed by atoms with Gasteiger partial charge < -0.3 is 15.4 Å². The number of ether oxygens (including phenoxy) is 1. The first-order chi connectivity index (χ1) is 12.2. The highest BCUT2D eigenvalue weighted by Crippen LogP contribution is 2.36. The summed E-state index contributed by atoms with van der Waals surface area (Å²) in [6.07, 6.45) is 6.31. The number of hydrogen-bond acceptors (Lipinski definition) is 5. The van der Waals surface area contributed by atoms with Crippen molar-refractivity contribution >= 4 is 11.7 Å². The van der Waals surface area contributed by atoms with Crippen LogP contribution in [0.15, 0.2) is 55.1 Å². The second-order valence-electron chi connectivity index (χ2n) is 5.66. The largest absolute Gasteiger partial charge is 0.488 e. The molecule has 8 nitrogen and oxygen atoms in total. The van der Waals surface area contributed by atoms with E-state index in [1.165, 1.54) is 4.68 Å². The summed E-state index contributed by atoms with van der Waals surface area (Å²) >= 11 is 0. The molecule has 2 atom stereocenters. The van der Waals surface area contributed by atoms with Gasteiger partial charge in [0.05, 0.1) is 24.1 Å². The van der Waals surface area contributed by atoms with Crippen molar-refractivity contribution < 1.29 is 9.53 Å². The molecule has 2 aromatic heterocycles. The van der Waals surface area contributed by atoms with Crippen molar-refractivity contribution in [1.29, 1.82) is 0 Å². The molecule has 2 amide bonds. The summed E-state index contributed by atoms with van der Waals surface area (Å²) in [6.45, 7) is 1.93. The Morgan fingerprint density at radius 1 is 1.20 bits per heavy atom. The Balaban J connectivity index is 1.44. The molecule has 1 aromatic carbocycles. The minimum atomic E-state index is -0.328. The highest BCUT2D eigenvalue weighted by atomic mass is 16.5. The summed E-state index contributed by atoms with van der Waals surface area (Å²) in [5.41, 5.74) is 1.52. The van der Waals surface area contributed by atoms with E-state index in [1.807, 2.05) is 31.2 Å². The number of nitrogens with zero attached hydrogens (tertiary/aromatic N) is 4. The Bertz CT molecular complexity index is 895. The minimum Gasteiger partial charge on any atom is -0.488 e. The average Bonchev–Trinajstić information content (AvgIpc) is 3.21. The van der Waals surface area contributed by atoms with Crippen LogP contribution in [0.4, 0.5) is 10.5 Å². The zero-order valence-corrected chi connectivity index (χ0v) is 13.5. The van der Waals surface area contributed by atoms with Crippen molar-refractivity contribution in [3.05, 3.63) is 60.7 Å². The topological polar surface area (TPSA) is 94.0 Å². The quantitative estimate of drug-likeness (QED) is 0.765. The first kappa shape index (κ1) is 15.1. The molecule has 4 rings (SSSR count). The molecular weight excluding hydrogens is 320 g/mol. The Hall–Kier alpha value is -3.42. The summed E-state index contributed by atoms with van der Waals surface area (Å²) in [5.74, 6) is 1.23. The number of hydrogen-bond donors (Lipinski definition) is 2. The predicted molar refractivity (Wildman–Crippen MR) is 90.6 cm³/mol. The van der Waals surface area contributed by atoms with Crippen LogP contribution in [0.2, 0.25) is 0 Å². The van der Waals surface area contributed by atoms with E-state index < -0.39 is 0 Å². The highest BCUT2D eigenvalue weighted by Gasteiger charge is 2.32. The van der Waals surface area contributed by atoms with Gasteiger partial charge in [0.2, 0.25) is 5.95 Å². The van der Waals surface area contributed by atoms with Crippen LogP contribution in [-0.2, 0) is 0 Å². The summed E-state index contributed by atoms with van der Waals surface area (Å²) in [5, 5.41) is 9.85. The van der Waals surface area contributed by atoms with Crippen LogP contribution in [0, 0.1) is 0 Å². The minimum absolute atomic E-state index is 0.136. The predicted octanol–water partition coefficient (Wildman–Crippen LogP) is 2.31. The van der Waals surface area contributed by atoms with Crippen LogP contribution in [0.3, 0.4) is 0 Å². The van der Waals surface area contributed by atoms with Gasteiger partial charge in [0.15, 0.2) is 0 Å². The molecule has 0 bridgehead atoms. The summed E-state index contributed by atoms with van der Waals surface area (Å²) in [7, 11) is 0.